The van der Waals surface area contributed by atoms with Gasteiger partial charge in [-0.15, -0.1) is 0 Å². The van der Waals surface area contributed by atoms with Crippen molar-refractivity contribution in [1.82, 2.24) is 0 Å². The van der Waals surface area contributed by atoms with E-state index in [1.807, 2.05) is 69.3 Å². The van der Waals surface area contributed by atoms with Gasteiger partial charge in [0.2, 0.25) is 5.91 Å². The minimum Gasteiger partial charge on any atom is -0.457 e. The zero-order chi connectivity index (χ0) is 15.2. The number of carbonyl (C=O) groups is 1. The van der Waals surface area contributed by atoms with Crippen LogP contribution in [0.25, 0.3) is 0 Å². The van der Waals surface area contributed by atoms with Crippen LogP contribution < -0.4 is 10.1 Å². The maximum atomic E-state index is 11.6. The van der Waals surface area contributed by atoms with Crippen molar-refractivity contribution < 1.29 is 9.53 Å². The largest absolute Gasteiger partial charge is 0.457 e. The molecule has 0 saturated heterocycles. The Balaban J connectivity index is 2.00. The molecule has 0 fully saturated rings. The van der Waals surface area contributed by atoms with E-state index in [-0.39, 0.29) is 5.91 Å². The van der Waals surface area contributed by atoms with Crippen molar-refractivity contribution in [1.29, 1.82) is 0 Å². The summed E-state index contributed by atoms with van der Waals surface area (Å²) in [5.41, 5.74) is 2.90. The summed E-state index contributed by atoms with van der Waals surface area (Å²) in [6, 6.07) is 15.2. The normalized spacial score (nSPS) is 9.86. The molecule has 0 saturated carbocycles. The van der Waals surface area contributed by atoms with Gasteiger partial charge in [0.1, 0.15) is 11.5 Å². The summed E-state index contributed by atoms with van der Waals surface area (Å²) in [4.78, 5) is 11.6. The first kappa shape index (κ1) is 14.9. The average Bonchev–Trinajstić information content (AvgIpc) is 2.42. The van der Waals surface area contributed by atoms with Crippen LogP contribution in [-0.2, 0) is 4.79 Å². The predicted octanol–water partition coefficient (Wildman–Crippen LogP) is 4.69. The molecule has 0 bridgehead atoms. The summed E-state index contributed by atoms with van der Waals surface area (Å²) in [6.07, 6.45) is 1.57. The molecule has 1 N–H and O–H groups in total. The lowest BCUT2D eigenvalue weighted by atomic mass is 10.2. The lowest BCUT2D eigenvalue weighted by Crippen LogP contribution is -2.08. The zero-order valence-electron chi connectivity index (χ0n) is 12.5. The number of hydrogen-bond acceptors (Lipinski definition) is 2. The van der Waals surface area contributed by atoms with Gasteiger partial charge in [0.05, 0.1) is 0 Å². The maximum absolute atomic E-state index is 11.6. The van der Waals surface area contributed by atoms with Crippen molar-refractivity contribution in [3.8, 4) is 11.5 Å². The first-order valence-electron chi connectivity index (χ1n) is 6.83. The van der Waals surface area contributed by atoms with E-state index in [9.17, 15) is 4.79 Å². The Bertz CT molecular complexity index is 636. The Hall–Kier alpha value is -2.55. The summed E-state index contributed by atoms with van der Waals surface area (Å²) in [7, 11) is 0. The Labute approximate surface area is 125 Å². The van der Waals surface area contributed by atoms with E-state index >= 15 is 0 Å². The molecule has 3 nitrogen and oxygen atoms in total. The van der Waals surface area contributed by atoms with Crippen molar-refractivity contribution in [3.63, 3.8) is 0 Å². The van der Waals surface area contributed by atoms with Gasteiger partial charge in [0.15, 0.2) is 0 Å². The summed E-state index contributed by atoms with van der Waals surface area (Å²) in [6.45, 7) is 5.81. The quantitative estimate of drug-likeness (QED) is 0.825. The smallest absolute Gasteiger partial charge is 0.248 e. The Morgan fingerprint density at radius 2 is 1.48 bits per heavy atom. The maximum Gasteiger partial charge on any atom is 0.248 e. The van der Waals surface area contributed by atoms with Crippen LogP contribution in [0.2, 0.25) is 0 Å². The molecule has 108 valence electrons. The van der Waals surface area contributed by atoms with Crippen LogP contribution >= 0.6 is 0 Å². The molecule has 0 aliphatic carbocycles. The first-order chi connectivity index (χ1) is 10.0. The highest BCUT2D eigenvalue weighted by atomic mass is 16.5. The molecule has 0 aliphatic heterocycles. The lowest BCUT2D eigenvalue weighted by Gasteiger charge is -2.07. The van der Waals surface area contributed by atoms with Crippen LogP contribution in [0, 0.1) is 6.92 Å². The second kappa shape index (κ2) is 6.75. The minimum atomic E-state index is -0.123. The summed E-state index contributed by atoms with van der Waals surface area (Å²) < 4.78 is 5.73. The van der Waals surface area contributed by atoms with Crippen molar-refractivity contribution in [2.45, 2.75) is 20.8 Å². The monoisotopic (exact) mass is 281 g/mol. The Morgan fingerprint density at radius 1 is 0.952 bits per heavy atom. The molecule has 2 aromatic carbocycles. The molecule has 21 heavy (non-hydrogen) atoms. The standard InChI is InChI=1S/C18H19NO2/c1-13(2)12-18(20)19-15-6-10-17(11-7-15)21-16-8-4-14(3)5-9-16/h4-12H,1-3H3,(H,19,20). The molecule has 2 aromatic rings. The van der Waals surface area contributed by atoms with E-state index in [2.05, 4.69) is 5.32 Å². The molecular weight excluding hydrogens is 262 g/mol. The van der Waals surface area contributed by atoms with Crippen LogP contribution in [0.1, 0.15) is 19.4 Å². The third-order valence-corrected chi connectivity index (χ3v) is 2.80. The summed E-state index contributed by atoms with van der Waals surface area (Å²) in [5, 5.41) is 2.80. The van der Waals surface area contributed by atoms with Crippen LogP contribution in [0.4, 0.5) is 5.69 Å². The van der Waals surface area contributed by atoms with E-state index in [0.717, 1.165) is 22.8 Å². The SMILES string of the molecule is CC(C)=CC(=O)Nc1ccc(Oc2ccc(C)cc2)cc1. The third kappa shape index (κ3) is 4.80. The number of rotatable bonds is 4. The van der Waals surface area contributed by atoms with Crippen LogP contribution in [-0.4, -0.2) is 5.91 Å². The zero-order valence-corrected chi connectivity index (χ0v) is 12.5. The number of ether oxygens (including phenoxy) is 1. The van der Waals surface area contributed by atoms with E-state index < -0.39 is 0 Å². The molecule has 0 aliphatic rings. The van der Waals surface area contributed by atoms with Crippen molar-refractivity contribution in [2.75, 3.05) is 5.32 Å². The molecule has 0 atom stereocenters. The number of nitrogens with one attached hydrogen (secondary N) is 1. The number of benzene rings is 2. The van der Waals surface area contributed by atoms with Crippen LogP contribution in [0.15, 0.2) is 60.2 Å². The number of allylic oxidation sites excluding steroid dienone is 1. The second-order valence-electron chi connectivity index (χ2n) is 5.15. The molecule has 0 heterocycles. The van der Waals surface area contributed by atoms with Crippen molar-refractivity contribution >= 4 is 11.6 Å². The molecule has 3 heteroatoms. The summed E-state index contributed by atoms with van der Waals surface area (Å²) >= 11 is 0. The lowest BCUT2D eigenvalue weighted by molar-refractivity contribution is -0.111. The van der Waals surface area contributed by atoms with Crippen LogP contribution in [0.3, 0.4) is 0 Å². The highest BCUT2D eigenvalue weighted by molar-refractivity contribution is 5.99. The van der Waals surface area contributed by atoms with Gasteiger partial charge >= 0.3 is 0 Å². The van der Waals surface area contributed by atoms with Gasteiger partial charge in [-0.1, -0.05) is 23.3 Å². The molecule has 0 radical (unpaired) electrons. The molecular formula is C18H19NO2. The Morgan fingerprint density at radius 3 is 2.00 bits per heavy atom. The van der Waals surface area contributed by atoms with E-state index in [1.54, 1.807) is 6.08 Å². The second-order valence-corrected chi connectivity index (χ2v) is 5.15. The number of amides is 1. The van der Waals surface area contributed by atoms with Crippen molar-refractivity contribution in [2.24, 2.45) is 0 Å². The minimum absolute atomic E-state index is 0.123. The van der Waals surface area contributed by atoms with Gasteiger partial charge in [-0.25, -0.2) is 0 Å². The summed E-state index contributed by atoms with van der Waals surface area (Å²) in [5.74, 6) is 1.41. The molecule has 0 spiro atoms. The topological polar surface area (TPSA) is 38.3 Å². The van der Waals surface area contributed by atoms with Gasteiger partial charge in [0.25, 0.3) is 0 Å². The molecule has 0 aromatic heterocycles. The van der Waals surface area contributed by atoms with Crippen molar-refractivity contribution in [3.05, 3.63) is 65.7 Å². The number of hydrogen-bond donors (Lipinski definition) is 1. The predicted molar refractivity (Wildman–Crippen MR) is 85.8 cm³/mol. The van der Waals surface area contributed by atoms with E-state index in [1.165, 1.54) is 5.56 Å². The highest BCUT2D eigenvalue weighted by Gasteiger charge is 2.00. The fourth-order valence-corrected chi connectivity index (χ4v) is 1.79. The number of carbonyl (C=O) groups excluding carboxylic acids is 1. The average molecular weight is 281 g/mol. The van der Waals surface area contributed by atoms with Gasteiger partial charge in [-0.2, -0.15) is 0 Å². The van der Waals surface area contributed by atoms with Crippen LogP contribution in [0.5, 0.6) is 11.5 Å². The molecule has 2 rings (SSSR count). The van der Waals surface area contributed by atoms with E-state index in [4.69, 9.17) is 4.74 Å². The molecule has 1 amide bonds. The Kier molecular flexibility index (Phi) is 4.77. The van der Waals surface area contributed by atoms with Gasteiger partial charge < -0.3 is 10.1 Å². The first-order valence-corrected chi connectivity index (χ1v) is 6.83. The third-order valence-electron chi connectivity index (χ3n) is 2.80. The molecule has 0 unspecified atom stereocenters. The number of aryl methyl sites for hydroxylation is 1. The van der Waals surface area contributed by atoms with Gasteiger partial charge in [0, 0.05) is 11.8 Å². The fraction of sp³-hybridized carbons (Fsp3) is 0.167. The van der Waals surface area contributed by atoms with Gasteiger partial charge in [-0.3, -0.25) is 4.79 Å². The fourth-order valence-electron chi connectivity index (χ4n) is 1.79. The van der Waals surface area contributed by atoms with E-state index in [0.29, 0.717) is 0 Å². The highest BCUT2D eigenvalue weighted by Crippen LogP contribution is 2.23. The van der Waals surface area contributed by atoms with Gasteiger partial charge in [-0.05, 0) is 57.2 Å². The number of anilines is 1.